The van der Waals surface area contributed by atoms with Crippen molar-refractivity contribution in [3.05, 3.63) is 229 Å². The summed E-state index contributed by atoms with van der Waals surface area (Å²) in [7, 11) is 0. The van der Waals surface area contributed by atoms with E-state index in [4.69, 9.17) is 0 Å². The Balaban J connectivity index is 1.17. The maximum absolute atomic E-state index is 2.62. The molecule has 0 unspecified atom stereocenters. The lowest BCUT2D eigenvalue weighted by Gasteiger charge is -2.46. The van der Waals surface area contributed by atoms with Crippen molar-refractivity contribution in [2.24, 2.45) is 0 Å². The van der Waals surface area contributed by atoms with Crippen LogP contribution in [-0.2, 0) is 10.8 Å². The van der Waals surface area contributed by atoms with E-state index in [-0.39, 0.29) is 17.7 Å². The van der Waals surface area contributed by atoms with Crippen LogP contribution in [0.1, 0.15) is 63.8 Å². The topological polar surface area (TPSA) is 9.72 Å². The van der Waals surface area contributed by atoms with Crippen molar-refractivity contribution in [1.82, 2.24) is 0 Å². The van der Waals surface area contributed by atoms with E-state index in [2.05, 4.69) is 276 Å². The van der Waals surface area contributed by atoms with Gasteiger partial charge in [0.25, 0.3) is 0 Å². The van der Waals surface area contributed by atoms with E-state index in [1.54, 1.807) is 0 Å². The summed E-state index contributed by atoms with van der Waals surface area (Å²) in [6, 6.07) is 77.1. The molecule has 0 atom stereocenters. The van der Waals surface area contributed by atoms with E-state index in [9.17, 15) is 0 Å². The molecule has 2 heterocycles. The number of hydrogen-bond acceptors (Lipinski definition) is 3. The SMILES string of the molecule is Cc1cc2c3c(c1)N(c1ccccc1C)c1cc(-c4ccccc4)ccc1B3N(c1ccc(-c3ccccc3)cc1)c1ccc(N(c3ccc(C(C)(C)C)cc3)c3ccc(C(C)(C)C)cc3)cc1-2. The zero-order valence-electron chi connectivity index (χ0n) is 40.5. The quantitative estimate of drug-likeness (QED) is 0.148. The minimum Gasteiger partial charge on any atom is -0.376 e. The zero-order chi connectivity index (χ0) is 46.9. The molecule has 2 aliphatic heterocycles. The normalized spacial score (nSPS) is 12.9. The summed E-state index contributed by atoms with van der Waals surface area (Å²) in [5.74, 6) is 0. The average Bonchev–Trinajstić information content (AvgIpc) is 3.35. The van der Waals surface area contributed by atoms with Crippen LogP contribution in [0.4, 0.5) is 45.5 Å². The lowest BCUT2D eigenvalue weighted by atomic mass is 9.43. The van der Waals surface area contributed by atoms with Gasteiger partial charge >= 0.3 is 6.85 Å². The lowest BCUT2D eigenvalue weighted by molar-refractivity contribution is 0.590. The van der Waals surface area contributed by atoms with Crippen molar-refractivity contribution in [3.63, 3.8) is 0 Å². The van der Waals surface area contributed by atoms with Gasteiger partial charge in [-0.05, 0) is 158 Å². The first-order valence-electron chi connectivity index (χ1n) is 24.1. The third kappa shape index (κ3) is 7.59. The Kier molecular flexibility index (Phi) is 10.5. The van der Waals surface area contributed by atoms with E-state index in [0.717, 1.165) is 22.7 Å². The average molecular weight is 880 g/mol. The molecule has 0 N–H and O–H groups in total. The van der Waals surface area contributed by atoms with Crippen LogP contribution in [0.3, 0.4) is 0 Å². The first-order valence-corrected chi connectivity index (χ1v) is 24.1. The van der Waals surface area contributed by atoms with Gasteiger partial charge in [-0.3, -0.25) is 0 Å². The summed E-state index contributed by atoms with van der Waals surface area (Å²) in [4.78, 5) is 7.60. The molecule has 0 aliphatic carbocycles. The van der Waals surface area contributed by atoms with Crippen LogP contribution in [0, 0.1) is 13.8 Å². The highest BCUT2D eigenvalue weighted by molar-refractivity contribution is 6.93. The Bertz CT molecular complexity index is 3250. The van der Waals surface area contributed by atoms with E-state index in [1.165, 1.54) is 89.3 Å². The molecular formula is C64H58BN3. The fourth-order valence-corrected chi connectivity index (χ4v) is 10.5. The van der Waals surface area contributed by atoms with Crippen molar-refractivity contribution in [3.8, 4) is 33.4 Å². The Morgan fingerprint density at radius 2 is 0.926 bits per heavy atom. The second-order valence-electron chi connectivity index (χ2n) is 20.8. The molecular weight excluding hydrogens is 822 g/mol. The summed E-state index contributed by atoms with van der Waals surface area (Å²) >= 11 is 0. The number of rotatable bonds is 7. The maximum Gasteiger partial charge on any atom is 0.333 e. The van der Waals surface area contributed by atoms with Crippen LogP contribution in [0.25, 0.3) is 33.4 Å². The molecule has 4 heteroatoms. The molecule has 2 aliphatic rings. The second kappa shape index (κ2) is 16.6. The van der Waals surface area contributed by atoms with Gasteiger partial charge in [0.1, 0.15) is 0 Å². The molecule has 0 bridgehead atoms. The largest absolute Gasteiger partial charge is 0.376 e. The van der Waals surface area contributed by atoms with Crippen molar-refractivity contribution < 1.29 is 0 Å². The van der Waals surface area contributed by atoms with Gasteiger partial charge in [-0.25, -0.2) is 0 Å². The van der Waals surface area contributed by atoms with Crippen molar-refractivity contribution in [2.45, 2.75) is 66.2 Å². The highest BCUT2D eigenvalue weighted by Crippen LogP contribution is 2.50. The molecule has 9 aromatic rings. The lowest BCUT2D eigenvalue weighted by Crippen LogP contribution is -2.61. The monoisotopic (exact) mass is 879 g/mol. The van der Waals surface area contributed by atoms with Crippen LogP contribution < -0.4 is 25.5 Å². The van der Waals surface area contributed by atoms with Gasteiger partial charge < -0.3 is 14.6 Å². The first-order chi connectivity index (χ1) is 32.8. The van der Waals surface area contributed by atoms with Gasteiger partial charge in [0.15, 0.2) is 0 Å². The molecule has 11 rings (SSSR count). The van der Waals surface area contributed by atoms with Crippen LogP contribution in [0.2, 0.25) is 0 Å². The molecule has 0 saturated carbocycles. The van der Waals surface area contributed by atoms with Crippen molar-refractivity contribution >= 4 is 63.3 Å². The number of aryl methyl sites for hydroxylation is 2. The fraction of sp³-hybridized carbons (Fsp3) is 0.156. The van der Waals surface area contributed by atoms with E-state index in [0.29, 0.717) is 0 Å². The number of para-hydroxylation sites is 1. The van der Waals surface area contributed by atoms with Gasteiger partial charge in [-0.2, -0.15) is 0 Å². The third-order valence-corrected chi connectivity index (χ3v) is 14.1. The summed E-state index contributed by atoms with van der Waals surface area (Å²) in [5, 5.41) is 0. The number of anilines is 8. The molecule has 0 aromatic heterocycles. The Morgan fingerprint density at radius 1 is 0.397 bits per heavy atom. The van der Waals surface area contributed by atoms with E-state index in [1.807, 2.05) is 0 Å². The van der Waals surface area contributed by atoms with Crippen molar-refractivity contribution in [2.75, 3.05) is 14.6 Å². The van der Waals surface area contributed by atoms with Crippen LogP contribution in [0.5, 0.6) is 0 Å². The molecule has 68 heavy (non-hydrogen) atoms. The Morgan fingerprint density at radius 3 is 1.51 bits per heavy atom. The predicted octanol–water partition coefficient (Wildman–Crippen LogP) is 16.4. The first kappa shape index (κ1) is 43.0. The molecule has 0 fully saturated rings. The van der Waals surface area contributed by atoms with Crippen LogP contribution >= 0.6 is 0 Å². The minimum atomic E-state index is -0.104. The zero-order valence-corrected chi connectivity index (χ0v) is 40.5. The van der Waals surface area contributed by atoms with Gasteiger partial charge in [0.05, 0.1) is 0 Å². The van der Waals surface area contributed by atoms with Crippen LogP contribution in [0.15, 0.2) is 206 Å². The number of fused-ring (bicyclic) bond motifs is 4. The summed E-state index contributed by atoms with van der Waals surface area (Å²) in [6.45, 7) is 18.1. The highest BCUT2D eigenvalue weighted by atomic mass is 15.2. The van der Waals surface area contributed by atoms with Gasteiger partial charge in [0.2, 0.25) is 0 Å². The van der Waals surface area contributed by atoms with Crippen LogP contribution in [-0.4, -0.2) is 6.85 Å². The highest BCUT2D eigenvalue weighted by Gasteiger charge is 2.45. The predicted molar refractivity (Wildman–Crippen MR) is 293 cm³/mol. The molecule has 9 aromatic carbocycles. The minimum absolute atomic E-state index is 0.0427. The molecule has 332 valence electrons. The third-order valence-electron chi connectivity index (χ3n) is 14.1. The molecule has 0 saturated heterocycles. The maximum atomic E-state index is 2.62. The van der Waals surface area contributed by atoms with Gasteiger partial charge in [-0.15, -0.1) is 0 Å². The smallest absolute Gasteiger partial charge is 0.333 e. The molecule has 0 spiro atoms. The number of nitrogens with zero attached hydrogens (tertiary/aromatic N) is 3. The van der Waals surface area contributed by atoms with E-state index >= 15 is 0 Å². The van der Waals surface area contributed by atoms with E-state index < -0.39 is 0 Å². The summed E-state index contributed by atoms with van der Waals surface area (Å²) in [5.41, 5.74) is 24.3. The molecule has 3 nitrogen and oxygen atoms in total. The van der Waals surface area contributed by atoms with Gasteiger partial charge in [0, 0.05) is 51.1 Å². The fourth-order valence-electron chi connectivity index (χ4n) is 10.5. The summed E-state index contributed by atoms with van der Waals surface area (Å²) in [6.07, 6.45) is 0. The standard InChI is InChI=1S/C64H58BN3/c1-43-39-56-55-42-54(66(51-32-26-49(27-33-51)63(3,4)5)52-34-28-50(29-35-52)64(6,7)8)36-38-59(55)68(53-30-23-47(24-31-53)45-18-11-9-12-19-45)65-57-37-25-48(46-20-13-10-14-21-46)41-60(57)67(61(40-43)62(56)65)58-22-16-15-17-44(58)2/h9-42H,1-8H3. The summed E-state index contributed by atoms with van der Waals surface area (Å²) < 4.78 is 0. The number of benzene rings is 9. The van der Waals surface area contributed by atoms with Gasteiger partial charge in [-0.1, -0.05) is 175 Å². The Labute approximate surface area is 404 Å². The second-order valence-corrected chi connectivity index (χ2v) is 20.8. The Hall–Kier alpha value is -7.56. The number of hydrogen-bond donors (Lipinski definition) is 0. The van der Waals surface area contributed by atoms with Crippen molar-refractivity contribution in [1.29, 1.82) is 0 Å². The molecule has 0 radical (unpaired) electrons. The molecule has 0 amide bonds.